The third-order valence-electron chi connectivity index (χ3n) is 3.41. The monoisotopic (exact) mass is 490 g/mol. The van der Waals surface area contributed by atoms with Crippen LogP contribution in [0, 0.1) is 11.3 Å². The largest absolute Gasteiger partial charge is 0.493 e. The van der Waals surface area contributed by atoms with Crippen LogP contribution in [-0.4, -0.2) is 19.6 Å². The van der Waals surface area contributed by atoms with Crippen molar-refractivity contribution >= 4 is 49.5 Å². The summed E-state index contributed by atoms with van der Waals surface area (Å²) in [4.78, 5) is 12.4. The molecule has 0 radical (unpaired) electrons. The van der Waals surface area contributed by atoms with Gasteiger partial charge in [0.1, 0.15) is 18.2 Å². The van der Waals surface area contributed by atoms with Gasteiger partial charge in [0, 0.05) is 14.6 Å². The molecule has 0 aromatic heterocycles. The average Bonchev–Trinajstić information content (AvgIpc) is 2.67. The number of nitrogens with one attached hydrogen (secondary N) is 1. The quantitative estimate of drug-likeness (QED) is 0.322. The fourth-order valence-corrected chi connectivity index (χ4v) is 2.82. The summed E-state index contributed by atoms with van der Waals surface area (Å²) in [5, 5.41) is 12.1. The van der Waals surface area contributed by atoms with Crippen molar-refractivity contribution in [3.63, 3.8) is 0 Å². The molecular weight excluding hydrogens is 476 g/mol. The number of benzene rings is 2. The number of halogens is 2. The highest BCUT2D eigenvalue weighted by atomic mass is 79.9. The zero-order valence-electron chi connectivity index (χ0n) is 14.5. The Morgan fingerprint density at radius 3 is 2.56 bits per heavy atom. The zero-order valence-corrected chi connectivity index (χ0v) is 17.6. The van der Waals surface area contributed by atoms with Gasteiger partial charge >= 0.3 is 0 Å². The van der Waals surface area contributed by atoms with Gasteiger partial charge in [0.2, 0.25) is 0 Å². The molecule has 1 N–H and O–H groups in total. The minimum absolute atomic E-state index is 0.0413. The second kappa shape index (κ2) is 9.95. The third-order valence-corrected chi connectivity index (χ3v) is 4.62. The summed E-state index contributed by atoms with van der Waals surface area (Å²) in [5.74, 6) is 0.508. The van der Waals surface area contributed by atoms with E-state index in [-0.39, 0.29) is 5.57 Å². The summed E-state index contributed by atoms with van der Waals surface area (Å²) in [7, 11) is 1.52. The lowest BCUT2D eigenvalue weighted by atomic mass is 10.1. The zero-order chi connectivity index (χ0) is 19.8. The van der Waals surface area contributed by atoms with Crippen LogP contribution < -0.4 is 14.8 Å². The molecule has 7 heteroatoms. The maximum Gasteiger partial charge on any atom is 0.266 e. The van der Waals surface area contributed by atoms with Crippen LogP contribution in [0.15, 0.2) is 63.6 Å². The molecule has 0 fully saturated rings. The Balaban J connectivity index is 2.30. The van der Waals surface area contributed by atoms with E-state index in [0.717, 1.165) is 4.47 Å². The number of carbonyl (C=O) groups is 1. The number of hydrogen-bond donors (Lipinski definition) is 1. The molecule has 2 aromatic rings. The van der Waals surface area contributed by atoms with Gasteiger partial charge in [-0.25, -0.2) is 0 Å². The second-order valence-corrected chi connectivity index (χ2v) is 7.03. The van der Waals surface area contributed by atoms with E-state index < -0.39 is 5.91 Å². The van der Waals surface area contributed by atoms with Gasteiger partial charge in [-0.2, -0.15) is 5.26 Å². The molecule has 27 heavy (non-hydrogen) atoms. The summed E-state index contributed by atoms with van der Waals surface area (Å²) in [5.41, 5.74) is 1.16. The van der Waals surface area contributed by atoms with E-state index in [1.165, 1.54) is 13.2 Å². The molecule has 0 heterocycles. The van der Waals surface area contributed by atoms with Gasteiger partial charge in [-0.3, -0.25) is 4.79 Å². The molecule has 0 saturated heterocycles. The van der Waals surface area contributed by atoms with Crippen LogP contribution in [0.5, 0.6) is 11.5 Å². The fourth-order valence-electron chi connectivity index (χ4n) is 2.12. The third kappa shape index (κ3) is 5.71. The first-order valence-electron chi connectivity index (χ1n) is 7.78. The molecule has 0 unspecified atom stereocenters. The molecule has 2 rings (SSSR count). The smallest absolute Gasteiger partial charge is 0.266 e. The summed E-state index contributed by atoms with van der Waals surface area (Å²) in [6.07, 6.45) is 3.11. The number of carbonyl (C=O) groups excluding carboxylic acids is 1. The molecule has 0 spiro atoms. The van der Waals surface area contributed by atoms with Crippen molar-refractivity contribution < 1.29 is 14.3 Å². The maximum absolute atomic E-state index is 12.4. The Hall–Kier alpha value is -2.56. The molecule has 0 saturated carbocycles. The van der Waals surface area contributed by atoms with Gasteiger partial charge in [0.05, 0.1) is 7.11 Å². The van der Waals surface area contributed by atoms with Crippen molar-refractivity contribution in [1.82, 2.24) is 0 Å². The van der Waals surface area contributed by atoms with E-state index in [9.17, 15) is 10.1 Å². The topological polar surface area (TPSA) is 71.3 Å². The van der Waals surface area contributed by atoms with Crippen molar-refractivity contribution in [1.29, 1.82) is 5.26 Å². The lowest BCUT2D eigenvalue weighted by Crippen LogP contribution is -2.13. The Labute approximate surface area is 174 Å². The van der Waals surface area contributed by atoms with Crippen LogP contribution in [0.25, 0.3) is 6.08 Å². The predicted molar refractivity (Wildman–Crippen MR) is 113 cm³/mol. The van der Waals surface area contributed by atoms with Gasteiger partial charge in [0.25, 0.3) is 5.91 Å². The molecule has 5 nitrogen and oxygen atoms in total. The van der Waals surface area contributed by atoms with E-state index >= 15 is 0 Å². The highest BCUT2D eigenvalue weighted by molar-refractivity contribution is 9.10. The normalized spacial score (nSPS) is 10.7. The second-order valence-electron chi connectivity index (χ2n) is 5.26. The summed E-state index contributed by atoms with van der Waals surface area (Å²) < 4.78 is 12.4. The Morgan fingerprint density at radius 2 is 1.96 bits per heavy atom. The lowest BCUT2D eigenvalue weighted by Gasteiger charge is -2.12. The number of nitrogens with zero attached hydrogens (tertiary/aromatic N) is 1. The summed E-state index contributed by atoms with van der Waals surface area (Å²) in [6, 6.07) is 12.4. The highest BCUT2D eigenvalue weighted by Crippen LogP contribution is 2.34. The van der Waals surface area contributed by atoms with Crippen LogP contribution in [-0.2, 0) is 4.79 Å². The van der Waals surface area contributed by atoms with Crippen molar-refractivity contribution in [2.75, 3.05) is 19.0 Å². The number of ether oxygens (including phenoxy) is 2. The fraction of sp³-hybridized carbons (Fsp3) is 0.100. The molecule has 138 valence electrons. The molecule has 0 aliphatic heterocycles. The van der Waals surface area contributed by atoms with Crippen molar-refractivity contribution in [2.24, 2.45) is 0 Å². The molecule has 0 aliphatic rings. The summed E-state index contributed by atoms with van der Waals surface area (Å²) >= 11 is 6.76. The standard InChI is InChI=1S/C20H16Br2N2O3/c1-3-8-27-19-11-17(22)13(10-18(19)26-2)9-14(12-23)20(25)24-16-6-4-15(21)5-7-16/h3-7,9-11H,1,8H2,2H3,(H,24,25)/b14-9-. The first-order valence-corrected chi connectivity index (χ1v) is 9.37. The SMILES string of the molecule is C=CCOc1cc(Br)c(/C=C(/C#N)C(=O)Nc2ccc(Br)cc2)cc1OC. The number of amides is 1. The molecular formula is C20H16Br2N2O3. The molecule has 0 bridgehead atoms. The number of anilines is 1. The number of rotatable bonds is 7. The van der Waals surface area contributed by atoms with Crippen LogP contribution >= 0.6 is 31.9 Å². The van der Waals surface area contributed by atoms with Gasteiger partial charge in [-0.15, -0.1) is 0 Å². The Bertz CT molecular complexity index is 916. The molecule has 2 aromatic carbocycles. The van der Waals surface area contributed by atoms with Crippen LogP contribution in [0.4, 0.5) is 5.69 Å². The lowest BCUT2D eigenvalue weighted by molar-refractivity contribution is -0.112. The van der Waals surface area contributed by atoms with Crippen LogP contribution in [0.1, 0.15) is 5.56 Å². The molecule has 0 atom stereocenters. The van der Waals surface area contributed by atoms with Gasteiger partial charge in [-0.05, 0) is 48.0 Å². The predicted octanol–water partition coefficient (Wildman–Crippen LogP) is 5.33. The number of nitriles is 1. The Kier molecular flexibility index (Phi) is 7.65. The van der Waals surface area contributed by atoms with E-state index in [2.05, 4.69) is 43.8 Å². The van der Waals surface area contributed by atoms with E-state index in [4.69, 9.17) is 9.47 Å². The van der Waals surface area contributed by atoms with Crippen molar-refractivity contribution in [2.45, 2.75) is 0 Å². The van der Waals surface area contributed by atoms with Gasteiger partial charge < -0.3 is 14.8 Å². The molecule has 0 aliphatic carbocycles. The highest BCUT2D eigenvalue weighted by Gasteiger charge is 2.13. The van der Waals surface area contributed by atoms with E-state index in [1.807, 2.05) is 6.07 Å². The van der Waals surface area contributed by atoms with Gasteiger partial charge in [0.15, 0.2) is 11.5 Å². The first kappa shape index (κ1) is 20.7. The van der Waals surface area contributed by atoms with Crippen molar-refractivity contribution in [3.05, 3.63) is 69.1 Å². The van der Waals surface area contributed by atoms with Crippen molar-refractivity contribution in [3.8, 4) is 17.6 Å². The van der Waals surface area contributed by atoms with Gasteiger partial charge in [-0.1, -0.05) is 44.5 Å². The Morgan fingerprint density at radius 1 is 1.26 bits per heavy atom. The minimum atomic E-state index is -0.502. The maximum atomic E-state index is 12.4. The van der Waals surface area contributed by atoms with E-state index in [0.29, 0.717) is 33.8 Å². The minimum Gasteiger partial charge on any atom is -0.493 e. The molecule has 1 amide bonds. The van der Waals surface area contributed by atoms with E-state index in [1.54, 1.807) is 42.5 Å². The van der Waals surface area contributed by atoms with Crippen LogP contribution in [0.2, 0.25) is 0 Å². The first-order chi connectivity index (χ1) is 13.0. The number of methoxy groups -OCH3 is 1. The number of hydrogen-bond acceptors (Lipinski definition) is 4. The van der Waals surface area contributed by atoms with Crippen LogP contribution in [0.3, 0.4) is 0 Å². The summed E-state index contributed by atoms with van der Waals surface area (Å²) in [6.45, 7) is 3.94. The average molecular weight is 492 g/mol.